The van der Waals surface area contributed by atoms with Crippen molar-refractivity contribution in [1.29, 1.82) is 0 Å². The highest BCUT2D eigenvalue weighted by Gasteiger charge is 2.81. The Morgan fingerprint density at radius 1 is 0.800 bits per heavy atom. The first-order valence-electron chi connectivity index (χ1n) is 12.7. The molecular formula is C29H23BrCl2N2O6. The summed E-state index contributed by atoms with van der Waals surface area (Å²) in [5, 5.41) is 0.860. The van der Waals surface area contributed by atoms with Crippen LogP contribution in [0.4, 0.5) is 11.4 Å². The molecule has 2 aromatic rings. The van der Waals surface area contributed by atoms with E-state index in [1.165, 1.54) is 0 Å². The number of ether oxygens (including phenoxy) is 1. The second kappa shape index (κ2) is 8.99. The largest absolute Gasteiger partial charge is 0.463 e. The van der Waals surface area contributed by atoms with Crippen LogP contribution in [0.1, 0.15) is 20.8 Å². The van der Waals surface area contributed by atoms with Crippen molar-refractivity contribution in [2.24, 2.45) is 29.1 Å². The molecule has 5 aliphatic rings. The third kappa shape index (κ3) is 3.22. The molecule has 4 amide bonds. The van der Waals surface area contributed by atoms with Crippen LogP contribution >= 0.6 is 39.1 Å². The van der Waals surface area contributed by atoms with Crippen LogP contribution in [0.25, 0.3) is 0 Å². The monoisotopic (exact) mass is 644 g/mol. The first-order valence-corrected chi connectivity index (χ1v) is 14.3. The summed E-state index contributed by atoms with van der Waals surface area (Å²) < 4.78 is 3.92. The number of carbonyl (C=O) groups is 5. The van der Waals surface area contributed by atoms with Crippen molar-refractivity contribution in [2.75, 3.05) is 16.4 Å². The summed E-state index contributed by atoms with van der Waals surface area (Å²) in [4.78, 5) is 72.5. The van der Waals surface area contributed by atoms with Crippen LogP contribution in [-0.2, 0) is 28.7 Å². The summed E-state index contributed by atoms with van der Waals surface area (Å²) in [6.07, 6.45) is 0. The molecule has 1 saturated carbocycles. The molecule has 0 radical (unpaired) electrons. The molecule has 0 N–H and O–H groups in total. The number of halogens is 3. The number of rotatable bonds is 4. The van der Waals surface area contributed by atoms with Crippen LogP contribution in [0.15, 0.2) is 59.7 Å². The lowest BCUT2D eigenvalue weighted by Crippen LogP contribution is -2.67. The highest BCUT2D eigenvalue weighted by Crippen LogP contribution is 2.72. The lowest BCUT2D eigenvalue weighted by atomic mass is 9.43. The lowest BCUT2D eigenvalue weighted by Gasteiger charge is -2.59. The Labute approximate surface area is 248 Å². The third-order valence-electron chi connectivity index (χ3n) is 8.95. The molecule has 3 aliphatic carbocycles. The lowest BCUT2D eigenvalue weighted by molar-refractivity contribution is -0.152. The molecule has 7 rings (SSSR count). The molecule has 2 bridgehead atoms. The Balaban J connectivity index is 1.58. The van der Waals surface area contributed by atoms with E-state index in [2.05, 4.69) is 15.9 Å². The van der Waals surface area contributed by atoms with E-state index in [0.29, 0.717) is 27.0 Å². The molecule has 8 nitrogen and oxygen atoms in total. The van der Waals surface area contributed by atoms with E-state index in [1.807, 2.05) is 0 Å². The molecule has 2 saturated heterocycles. The smallest absolute Gasteiger partial charge is 0.334 e. The molecule has 2 aliphatic heterocycles. The van der Waals surface area contributed by atoms with Gasteiger partial charge in [0.05, 0.1) is 46.0 Å². The van der Waals surface area contributed by atoms with E-state index in [1.54, 1.807) is 69.3 Å². The van der Waals surface area contributed by atoms with E-state index >= 15 is 0 Å². The van der Waals surface area contributed by atoms with E-state index in [0.717, 1.165) is 9.80 Å². The summed E-state index contributed by atoms with van der Waals surface area (Å²) in [5.41, 5.74) is -0.327. The maximum Gasteiger partial charge on any atom is 0.334 e. The summed E-state index contributed by atoms with van der Waals surface area (Å²) in [6.45, 7) is 5.02. The van der Waals surface area contributed by atoms with Gasteiger partial charge in [-0.1, -0.05) is 46.1 Å². The van der Waals surface area contributed by atoms with E-state index in [4.69, 9.17) is 27.9 Å². The fourth-order valence-electron chi connectivity index (χ4n) is 7.42. The number of alkyl halides is 1. The minimum absolute atomic E-state index is 0.0662. The molecular weight excluding hydrogens is 623 g/mol. The van der Waals surface area contributed by atoms with Gasteiger partial charge in [-0.05, 0) is 68.0 Å². The molecule has 4 unspecified atom stereocenters. The van der Waals surface area contributed by atoms with Crippen LogP contribution in [-0.4, -0.2) is 40.5 Å². The van der Waals surface area contributed by atoms with Crippen molar-refractivity contribution in [3.05, 3.63) is 69.7 Å². The Hall–Kier alpha value is -3.01. The summed E-state index contributed by atoms with van der Waals surface area (Å²) >= 11 is 15.8. The zero-order valence-electron chi connectivity index (χ0n) is 21.6. The number of amides is 4. The molecule has 206 valence electrons. The molecule has 2 aromatic carbocycles. The molecule has 0 aromatic heterocycles. The first kappa shape index (κ1) is 27.2. The highest BCUT2D eigenvalue weighted by atomic mass is 79.9. The van der Waals surface area contributed by atoms with Gasteiger partial charge in [-0.15, -0.1) is 0 Å². The summed E-state index contributed by atoms with van der Waals surface area (Å²) in [5.74, 6) is -7.16. The van der Waals surface area contributed by atoms with Gasteiger partial charge in [0.1, 0.15) is 0 Å². The van der Waals surface area contributed by atoms with Gasteiger partial charge >= 0.3 is 5.97 Å². The summed E-state index contributed by atoms with van der Waals surface area (Å²) in [7, 11) is 0. The van der Waals surface area contributed by atoms with Crippen LogP contribution < -0.4 is 9.80 Å². The van der Waals surface area contributed by atoms with E-state index in [-0.39, 0.29) is 12.2 Å². The van der Waals surface area contributed by atoms with Gasteiger partial charge in [0.2, 0.25) is 23.6 Å². The predicted octanol–water partition coefficient (Wildman–Crippen LogP) is 4.95. The van der Waals surface area contributed by atoms with Crippen molar-refractivity contribution in [3.63, 3.8) is 0 Å². The molecule has 4 atom stereocenters. The van der Waals surface area contributed by atoms with Gasteiger partial charge < -0.3 is 4.74 Å². The van der Waals surface area contributed by atoms with Gasteiger partial charge in [0.15, 0.2) is 0 Å². The Morgan fingerprint density at radius 2 is 1.18 bits per heavy atom. The van der Waals surface area contributed by atoms with Crippen LogP contribution in [0.5, 0.6) is 0 Å². The summed E-state index contributed by atoms with van der Waals surface area (Å²) in [6, 6.07) is 12.5. The first-order chi connectivity index (χ1) is 18.9. The zero-order valence-corrected chi connectivity index (χ0v) is 24.7. The van der Waals surface area contributed by atoms with Crippen molar-refractivity contribution in [2.45, 2.75) is 25.1 Å². The zero-order chi connectivity index (χ0) is 28.9. The van der Waals surface area contributed by atoms with Crippen LogP contribution in [0.3, 0.4) is 0 Å². The van der Waals surface area contributed by atoms with Crippen molar-refractivity contribution in [1.82, 2.24) is 0 Å². The minimum atomic E-state index is -1.51. The fourth-order valence-corrected chi connectivity index (χ4v) is 8.79. The van der Waals surface area contributed by atoms with Gasteiger partial charge in [0.25, 0.3) is 0 Å². The van der Waals surface area contributed by atoms with Crippen molar-refractivity contribution in [3.8, 4) is 0 Å². The third-order valence-corrected chi connectivity index (χ3v) is 11.0. The average molecular weight is 646 g/mol. The molecule has 40 heavy (non-hydrogen) atoms. The van der Waals surface area contributed by atoms with Gasteiger partial charge in [-0.25, -0.2) is 14.6 Å². The number of esters is 1. The molecule has 3 fully saturated rings. The average Bonchev–Trinajstić information content (AvgIpc) is 3.34. The van der Waals surface area contributed by atoms with Crippen LogP contribution in [0.2, 0.25) is 10.0 Å². The highest BCUT2D eigenvalue weighted by molar-refractivity contribution is 9.10. The molecule has 2 heterocycles. The maximum absolute atomic E-state index is 14.2. The Bertz CT molecular complexity index is 1460. The standard InChI is InChI=1S/C29H23BrCl2N2O6/c1-4-40-27(39)18-13(2)29(30)21-19(23(35)33(25(21)37)16-9-5-14(31)6-10-16)28(18,3)20-22(29)26(38)34(24(20)36)17-11-7-15(32)8-12-17/h5-12,19-22H,4H2,1-3H3. The number of imide groups is 2. The van der Waals surface area contributed by atoms with Gasteiger partial charge in [-0.2, -0.15) is 0 Å². The number of hydrogen-bond donors (Lipinski definition) is 0. The predicted molar refractivity (Wildman–Crippen MR) is 151 cm³/mol. The Morgan fingerprint density at radius 3 is 1.55 bits per heavy atom. The molecule has 0 spiro atoms. The van der Waals surface area contributed by atoms with E-state index in [9.17, 15) is 24.0 Å². The Kier molecular flexibility index (Phi) is 6.11. The topological polar surface area (TPSA) is 101 Å². The SMILES string of the molecule is CCOC(=O)C1=C(C)C2(Br)C3C(=O)N(c4ccc(Cl)cc4)C(=O)C3C1(C)C1C(=O)N(c3ccc(Cl)cc3)C(=O)C12. The van der Waals surface area contributed by atoms with Gasteiger partial charge in [0, 0.05) is 21.0 Å². The van der Waals surface area contributed by atoms with Gasteiger partial charge in [-0.3, -0.25) is 19.2 Å². The van der Waals surface area contributed by atoms with E-state index < -0.39 is 63.0 Å². The molecule has 11 heteroatoms. The number of allylic oxidation sites excluding steroid dienone is 1. The maximum atomic E-state index is 14.2. The van der Waals surface area contributed by atoms with Crippen LogP contribution in [0, 0.1) is 29.1 Å². The normalized spacial score (nSPS) is 32.6. The second-order valence-electron chi connectivity index (χ2n) is 10.7. The number of nitrogens with zero attached hydrogens (tertiary/aromatic N) is 2. The fraction of sp³-hybridized carbons (Fsp3) is 0.345. The number of hydrogen-bond acceptors (Lipinski definition) is 6. The quantitative estimate of drug-likeness (QED) is 0.265. The van der Waals surface area contributed by atoms with Crippen molar-refractivity contribution >= 4 is 80.1 Å². The minimum Gasteiger partial charge on any atom is -0.463 e. The number of benzene rings is 2. The number of anilines is 2. The van der Waals surface area contributed by atoms with Crippen molar-refractivity contribution < 1.29 is 28.7 Å². The number of carbonyl (C=O) groups excluding carboxylic acids is 5. The second-order valence-corrected chi connectivity index (χ2v) is 12.8.